The lowest BCUT2D eigenvalue weighted by Crippen LogP contribution is -2.15. The molecule has 80 valence electrons. The van der Waals surface area contributed by atoms with Crippen LogP contribution in [0.4, 0.5) is 13.2 Å². The van der Waals surface area contributed by atoms with Crippen molar-refractivity contribution >= 4 is 13.4 Å². The summed E-state index contributed by atoms with van der Waals surface area (Å²) in [5, 5.41) is 0. The van der Waals surface area contributed by atoms with Gasteiger partial charge in [0.2, 0.25) is 5.88 Å². The number of rotatable bonds is 3. The van der Waals surface area contributed by atoms with Crippen LogP contribution in [-0.2, 0) is 0 Å². The second-order valence-electron chi connectivity index (χ2n) is 3.12. The van der Waals surface area contributed by atoms with Gasteiger partial charge in [0, 0.05) is 6.07 Å². The van der Waals surface area contributed by atoms with Crippen molar-refractivity contribution in [2.45, 2.75) is 19.5 Å². The van der Waals surface area contributed by atoms with E-state index in [9.17, 15) is 13.2 Å². The Morgan fingerprint density at radius 2 is 2.07 bits per heavy atom. The number of halogens is 3. The highest BCUT2D eigenvalue weighted by molar-refractivity contribution is 6.30. The van der Waals surface area contributed by atoms with Gasteiger partial charge in [0.1, 0.15) is 7.85 Å². The largest absolute Gasteiger partial charge is 0.477 e. The lowest BCUT2D eigenvalue weighted by Gasteiger charge is -2.09. The van der Waals surface area contributed by atoms with Crippen LogP contribution >= 0.6 is 0 Å². The lowest BCUT2D eigenvalue weighted by atomic mass is 10.0. The van der Waals surface area contributed by atoms with E-state index >= 15 is 0 Å². The summed E-state index contributed by atoms with van der Waals surface area (Å²) >= 11 is 0. The molecule has 2 radical (unpaired) electrons. The van der Waals surface area contributed by atoms with Crippen LogP contribution < -0.4 is 10.3 Å². The number of hydrogen-bond acceptors (Lipinski definition) is 2. The minimum Gasteiger partial charge on any atom is -0.477 e. The summed E-state index contributed by atoms with van der Waals surface area (Å²) in [7, 11) is 5.40. The molecule has 0 unspecified atom stereocenters. The molecule has 1 aromatic rings. The van der Waals surface area contributed by atoms with E-state index < -0.39 is 19.2 Å². The summed E-state index contributed by atoms with van der Waals surface area (Å²) in [6.45, 7) is 1.31. The van der Waals surface area contributed by atoms with Crippen molar-refractivity contribution in [3.63, 3.8) is 0 Å². The van der Waals surface area contributed by atoms with E-state index in [1.165, 1.54) is 6.07 Å². The molecule has 0 aromatic carbocycles. The molecule has 0 fully saturated rings. The number of hydrogen-bond donors (Lipinski definition) is 0. The van der Waals surface area contributed by atoms with Crippen molar-refractivity contribution in [3.05, 3.63) is 17.7 Å². The van der Waals surface area contributed by atoms with Crippen molar-refractivity contribution in [2.24, 2.45) is 0 Å². The summed E-state index contributed by atoms with van der Waals surface area (Å²) in [4.78, 5) is 3.74. The van der Waals surface area contributed by atoms with Gasteiger partial charge < -0.3 is 4.74 Å². The van der Waals surface area contributed by atoms with E-state index in [-0.39, 0.29) is 11.5 Å². The van der Waals surface area contributed by atoms with Crippen LogP contribution in [0, 0.1) is 6.92 Å². The van der Waals surface area contributed by atoms with Gasteiger partial charge in [-0.3, -0.25) is 0 Å². The summed E-state index contributed by atoms with van der Waals surface area (Å²) in [6.07, 6.45) is -5.21. The van der Waals surface area contributed by atoms with E-state index in [0.717, 1.165) is 5.56 Å². The fraction of sp³-hybridized carbons (Fsp3) is 0.444. The van der Waals surface area contributed by atoms with Crippen LogP contribution in [0.2, 0.25) is 0 Å². The Balaban J connectivity index is 2.51. The molecular weight excluding hydrogens is 206 g/mol. The highest BCUT2D eigenvalue weighted by atomic mass is 19.4. The minimum absolute atomic E-state index is 0.122. The highest BCUT2D eigenvalue weighted by Crippen LogP contribution is 2.19. The number of nitrogens with zero attached hydrogens (tertiary/aromatic N) is 1. The SMILES string of the molecule is [B]c1cc(C)cc(OCCC(F)(F)F)n1. The molecule has 0 aliphatic heterocycles. The molecular formula is C9H9BF3NO. The van der Waals surface area contributed by atoms with Gasteiger partial charge in [-0.25, -0.2) is 4.98 Å². The molecule has 0 bridgehead atoms. The van der Waals surface area contributed by atoms with Gasteiger partial charge in [-0.15, -0.1) is 0 Å². The van der Waals surface area contributed by atoms with E-state index in [4.69, 9.17) is 12.6 Å². The van der Waals surface area contributed by atoms with Gasteiger partial charge in [-0.2, -0.15) is 13.2 Å². The fourth-order valence-electron chi connectivity index (χ4n) is 1.01. The average Bonchev–Trinajstić information content (AvgIpc) is 1.99. The number of aromatic nitrogens is 1. The van der Waals surface area contributed by atoms with Gasteiger partial charge in [-0.1, -0.05) is 0 Å². The molecule has 0 aliphatic rings. The molecule has 0 N–H and O–H groups in total. The molecule has 0 saturated carbocycles. The van der Waals surface area contributed by atoms with Crippen LogP contribution in [0.5, 0.6) is 5.88 Å². The molecule has 0 aliphatic carbocycles. The molecule has 1 heterocycles. The maximum atomic E-state index is 11.8. The van der Waals surface area contributed by atoms with E-state index in [0.29, 0.717) is 0 Å². The zero-order valence-corrected chi connectivity index (χ0v) is 8.14. The van der Waals surface area contributed by atoms with Crippen molar-refractivity contribution in [2.75, 3.05) is 6.61 Å². The molecule has 6 heteroatoms. The molecule has 0 saturated heterocycles. The Morgan fingerprint density at radius 3 is 2.60 bits per heavy atom. The van der Waals surface area contributed by atoms with Gasteiger partial charge in [0.25, 0.3) is 0 Å². The summed E-state index contributed by atoms with van der Waals surface area (Å²) in [5.41, 5.74) is 1.03. The fourth-order valence-corrected chi connectivity index (χ4v) is 1.01. The lowest BCUT2D eigenvalue weighted by molar-refractivity contribution is -0.139. The highest BCUT2D eigenvalue weighted by Gasteiger charge is 2.26. The molecule has 0 amide bonds. The first-order valence-electron chi connectivity index (χ1n) is 4.30. The van der Waals surface area contributed by atoms with Crippen LogP contribution in [-0.4, -0.2) is 25.6 Å². The van der Waals surface area contributed by atoms with Gasteiger partial charge >= 0.3 is 6.18 Å². The second kappa shape index (κ2) is 4.55. The quantitative estimate of drug-likeness (QED) is 0.713. The van der Waals surface area contributed by atoms with Crippen molar-refractivity contribution in [1.82, 2.24) is 4.98 Å². The van der Waals surface area contributed by atoms with E-state index in [1.54, 1.807) is 13.0 Å². The maximum absolute atomic E-state index is 11.8. The van der Waals surface area contributed by atoms with Crippen LogP contribution in [0.15, 0.2) is 12.1 Å². The predicted molar refractivity (Wildman–Crippen MR) is 50.5 cm³/mol. The number of ether oxygens (including phenoxy) is 1. The Hall–Kier alpha value is -1.20. The zero-order valence-electron chi connectivity index (χ0n) is 8.14. The monoisotopic (exact) mass is 215 g/mol. The van der Waals surface area contributed by atoms with Gasteiger partial charge in [0.05, 0.1) is 13.0 Å². The van der Waals surface area contributed by atoms with Crippen molar-refractivity contribution in [3.8, 4) is 5.88 Å². The zero-order chi connectivity index (χ0) is 11.5. The Labute approximate surface area is 86.9 Å². The number of aryl methyl sites for hydroxylation is 1. The van der Waals surface area contributed by atoms with Crippen molar-refractivity contribution < 1.29 is 17.9 Å². The molecule has 1 rings (SSSR count). The van der Waals surface area contributed by atoms with Crippen molar-refractivity contribution in [1.29, 1.82) is 0 Å². The first kappa shape index (κ1) is 11.9. The third kappa shape index (κ3) is 4.72. The topological polar surface area (TPSA) is 22.1 Å². The average molecular weight is 215 g/mol. The maximum Gasteiger partial charge on any atom is 0.392 e. The van der Waals surface area contributed by atoms with Gasteiger partial charge in [0.15, 0.2) is 0 Å². The summed E-state index contributed by atoms with van der Waals surface area (Å²) in [5.74, 6) is 0.122. The smallest absolute Gasteiger partial charge is 0.392 e. The Morgan fingerprint density at radius 1 is 1.40 bits per heavy atom. The van der Waals surface area contributed by atoms with Gasteiger partial charge in [-0.05, 0) is 24.1 Å². The third-order valence-electron chi connectivity index (χ3n) is 1.60. The standard InChI is InChI=1S/C9H9BF3NO/c1-6-4-7(10)14-8(5-6)15-3-2-9(11,12)13/h4-5H,2-3H2,1H3. The molecule has 0 spiro atoms. The minimum atomic E-state index is -4.21. The summed E-state index contributed by atoms with van der Waals surface area (Å²) in [6, 6.07) is 3.14. The first-order valence-corrected chi connectivity index (χ1v) is 4.30. The second-order valence-corrected chi connectivity index (χ2v) is 3.12. The first-order chi connectivity index (χ1) is 6.87. The predicted octanol–water partition coefficient (Wildman–Crippen LogP) is 1.52. The molecule has 1 aromatic heterocycles. The van der Waals surface area contributed by atoms with E-state index in [1.807, 2.05) is 0 Å². The third-order valence-corrected chi connectivity index (χ3v) is 1.60. The van der Waals surface area contributed by atoms with E-state index in [2.05, 4.69) is 4.98 Å². The van der Waals surface area contributed by atoms with Crippen LogP contribution in [0.25, 0.3) is 0 Å². The number of alkyl halides is 3. The Kier molecular flexibility index (Phi) is 3.60. The number of pyridine rings is 1. The normalized spacial score (nSPS) is 11.5. The summed E-state index contributed by atoms with van der Waals surface area (Å²) < 4.78 is 40.2. The molecule has 0 atom stereocenters. The van der Waals surface area contributed by atoms with Crippen LogP contribution in [0.1, 0.15) is 12.0 Å². The molecule has 2 nitrogen and oxygen atoms in total. The molecule has 15 heavy (non-hydrogen) atoms. The van der Waals surface area contributed by atoms with Crippen LogP contribution in [0.3, 0.4) is 0 Å². The Bertz CT molecular complexity index is 320.